The summed E-state index contributed by atoms with van der Waals surface area (Å²) in [5, 5.41) is 12.1. The van der Waals surface area contributed by atoms with Gasteiger partial charge in [-0.25, -0.2) is 0 Å². The van der Waals surface area contributed by atoms with E-state index in [2.05, 4.69) is 30.3 Å². The number of hydrogen-bond donors (Lipinski definition) is 2. The topological polar surface area (TPSA) is 65.1 Å². The summed E-state index contributed by atoms with van der Waals surface area (Å²) in [6.07, 6.45) is 2.64. The van der Waals surface area contributed by atoms with E-state index >= 15 is 0 Å². The third-order valence-electron chi connectivity index (χ3n) is 3.59. The van der Waals surface area contributed by atoms with Gasteiger partial charge in [-0.1, -0.05) is 0 Å². The van der Waals surface area contributed by atoms with E-state index in [-0.39, 0.29) is 0 Å². The molecule has 4 nitrogen and oxygen atoms in total. The Hall–Kier alpha value is -1.73. The van der Waals surface area contributed by atoms with Gasteiger partial charge in [-0.3, -0.25) is 4.90 Å². The zero-order valence-corrected chi connectivity index (χ0v) is 11.0. The van der Waals surface area contributed by atoms with Crippen molar-refractivity contribution in [2.24, 2.45) is 0 Å². The molecule has 1 aliphatic carbocycles. The number of nitrogens with zero attached hydrogens (tertiary/aromatic N) is 2. The molecule has 0 bridgehead atoms. The van der Waals surface area contributed by atoms with Crippen molar-refractivity contribution in [2.75, 3.05) is 24.6 Å². The molecule has 96 valence electrons. The van der Waals surface area contributed by atoms with Gasteiger partial charge in [-0.05, 0) is 45.0 Å². The summed E-state index contributed by atoms with van der Waals surface area (Å²) in [5.74, 6) is 0. The second-order valence-corrected chi connectivity index (χ2v) is 5.04. The Morgan fingerprint density at radius 2 is 2.28 bits per heavy atom. The highest BCUT2D eigenvalue weighted by Gasteiger charge is 2.28. The standard InChI is InChI=1S/C14H20N4/c1-10(18(2)12-4-5-12)9-17-14-6-3-11(8-15)7-13(14)16/h3,6-7,10,12,17H,4-5,9,16H2,1-2H3. The van der Waals surface area contributed by atoms with Crippen molar-refractivity contribution in [2.45, 2.75) is 31.8 Å². The first-order chi connectivity index (χ1) is 8.61. The molecule has 0 aromatic heterocycles. The first-order valence-corrected chi connectivity index (χ1v) is 6.37. The average molecular weight is 244 g/mol. The van der Waals surface area contributed by atoms with Crippen LogP contribution < -0.4 is 11.1 Å². The van der Waals surface area contributed by atoms with Gasteiger partial charge in [0, 0.05) is 18.6 Å². The lowest BCUT2D eigenvalue weighted by atomic mass is 10.2. The van der Waals surface area contributed by atoms with Crippen LogP contribution >= 0.6 is 0 Å². The molecule has 1 unspecified atom stereocenters. The summed E-state index contributed by atoms with van der Waals surface area (Å²) in [6, 6.07) is 8.69. The van der Waals surface area contributed by atoms with Crippen LogP contribution in [0.25, 0.3) is 0 Å². The molecule has 1 aromatic carbocycles. The second kappa shape index (κ2) is 5.28. The van der Waals surface area contributed by atoms with Crippen molar-refractivity contribution in [1.82, 2.24) is 4.90 Å². The molecule has 1 atom stereocenters. The molecule has 3 N–H and O–H groups in total. The molecule has 0 radical (unpaired) electrons. The third-order valence-corrected chi connectivity index (χ3v) is 3.59. The average Bonchev–Trinajstić information content (AvgIpc) is 3.20. The van der Waals surface area contributed by atoms with Gasteiger partial charge in [-0.15, -0.1) is 0 Å². The van der Waals surface area contributed by atoms with E-state index in [0.29, 0.717) is 17.3 Å². The molecule has 1 aliphatic rings. The zero-order valence-electron chi connectivity index (χ0n) is 11.0. The second-order valence-electron chi connectivity index (χ2n) is 5.04. The molecule has 1 aromatic rings. The van der Waals surface area contributed by atoms with Crippen LogP contribution in [0.2, 0.25) is 0 Å². The summed E-state index contributed by atoms with van der Waals surface area (Å²) in [6.45, 7) is 3.08. The lowest BCUT2D eigenvalue weighted by Gasteiger charge is -2.25. The van der Waals surface area contributed by atoms with Gasteiger partial charge in [-0.2, -0.15) is 5.26 Å². The van der Waals surface area contributed by atoms with Crippen molar-refractivity contribution in [3.63, 3.8) is 0 Å². The number of hydrogen-bond acceptors (Lipinski definition) is 4. The van der Waals surface area contributed by atoms with Crippen molar-refractivity contribution < 1.29 is 0 Å². The number of benzene rings is 1. The largest absolute Gasteiger partial charge is 0.397 e. The van der Waals surface area contributed by atoms with Gasteiger partial charge in [0.1, 0.15) is 0 Å². The van der Waals surface area contributed by atoms with Crippen molar-refractivity contribution in [3.8, 4) is 6.07 Å². The molecule has 0 spiro atoms. The number of likely N-dealkylation sites (N-methyl/N-ethyl adjacent to an activating group) is 1. The minimum Gasteiger partial charge on any atom is -0.397 e. The lowest BCUT2D eigenvalue weighted by molar-refractivity contribution is 0.257. The predicted molar refractivity (Wildman–Crippen MR) is 74.3 cm³/mol. The molecule has 1 saturated carbocycles. The maximum absolute atomic E-state index is 8.78. The van der Waals surface area contributed by atoms with Crippen LogP contribution in [0.5, 0.6) is 0 Å². The van der Waals surface area contributed by atoms with Gasteiger partial charge >= 0.3 is 0 Å². The molecule has 2 rings (SSSR count). The molecule has 1 fully saturated rings. The van der Waals surface area contributed by atoms with Crippen LogP contribution in [-0.2, 0) is 0 Å². The molecule has 0 heterocycles. The number of anilines is 2. The lowest BCUT2D eigenvalue weighted by Crippen LogP contribution is -2.36. The fourth-order valence-electron chi connectivity index (χ4n) is 2.04. The Bertz CT molecular complexity index is 459. The van der Waals surface area contributed by atoms with Crippen molar-refractivity contribution in [1.29, 1.82) is 5.26 Å². The van der Waals surface area contributed by atoms with E-state index < -0.39 is 0 Å². The number of rotatable bonds is 5. The molecule has 18 heavy (non-hydrogen) atoms. The van der Waals surface area contributed by atoms with E-state index in [9.17, 15) is 0 Å². The molecule has 0 aliphatic heterocycles. The normalized spacial score (nSPS) is 16.3. The quantitative estimate of drug-likeness (QED) is 0.778. The zero-order chi connectivity index (χ0) is 13.1. The van der Waals surface area contributed by atoms with Crippen LogP contribution in [-0.4, -0.2) is 30.6 Å². The van der Waals surface area contributed by atoms with Crippen LogP contribution in [0.4, 0.5) is 11.4 Å². The molecular weight excluding hydrogens is 224 g/mol. The van der Waals surface area contributed by atoms with Crippen molar-refractivity contribution in [3.05, 3.63) is 23.8 Å². The SMILES string of the molecule is CC(CNc1ccc(C#N)cc1N)N(C)C1CC1. The summed E-state index contributed by atoms with van der Waals surface area (Å²) in [5.41, 5.74) is 8.04. The Morgan fingerprint density at radius 3 is 2.83 bits per heavy atom. The van der Waals surface area contributed by atoms with E-state index in [4.69, 9.17) is 11.0 Å². The molecule has 4 heteroatoms. The van der Waals surface area contributed by atoms with Gasteiger partial charge in [0.15, 0.2) is 0 Å². The Kier molecular flexibility index (Phi) is 3.73. The van der Waals surface area contributed by atoms with Crippen LogP contribution in [0, 0.1) is 11.3 Å². The highest BCUT2D eigenvalue weighted by atomic mass is 15.2. The number of nitrogens with two attached hydrogens (primary N) is 1. The van der Waals surface area contributed by atoms with E-state index in [1.54, 1.807) is 12.1 Å². The predicted octanol–water partition coefficient (Wildman–Crippen LogP) is 2.04. The van der Waals surface area contributed by atoms with Gasteiger partial charge in [0.05, 0.1) is 23.0 Å². The summed E-state index contributed by atoms with van der Waals surface area (Å²) < 4.78 is 0. The Morgan fingerprint density at radius 1 is 1.56 bits per heavy atom. The smallest absolute Gasteiger partial charge is 0.0992 e. The minimum absolute atomic E-state index is 0.479. The summed E-state index contributed by atoms with van der Waals surface area (Å²) >= 11 is 0. The maximum Gasteiger partial charge on any atom is 0.0992 e. The monoisotopic (exact) mass is 244 g/mol. The highest BCUT2D eigenvalue weighted by Crippen LogP contribution is 2.27. The van der Waals surface area contributed by atoms with E-state index in [1.807, 2.05) is 6.07 Å². The van der Waals surface area contributed by atoms with Gasteiger partial charge in [0.2, 0.25) is 0 Å². The molecule has 0 amide bonds. The van der Waals surface area contributed by atoms with Crippen LogP contribution in [0.1, 0.15) is 25.3 Å². The van der Waals surface area contributed by atoms with Crippen molar-refractivity contribution >= 4 is 11.4 Å². The fourth-order valence-corrected chi connectivity index (χ4v) is 2.04. The molecule has 0 saturated heterocycles. The molecular formula is C14H20N4. The Balaban J connectivity index is 1.91. The van der Waals surface area contributed by atoms with Gasteiger partial charge < -0.3 is 11.1 Å². The van der Waals surface area contributed by atoms with Crippen LogP contribution in [0.3, 0.4) is 0 Å². The first-order valence-electron chi connectivity index (χ1n) is 6.37. The summed E-state index contributed by atoms with van der Waals surface area (Å²) in [7, 11) is 2.17. The number of nitriles is 1. The van der Waals surface area contributed by atoms with E-state index in [1.165, 1.54) is 12.8 Å². The maximum atomic E-state index is 8.78. The van der Waals surface area contributed by atoms with Crippen LogP contribution in [0.15, 0.2) is 18.2 Å². The first kappa shape index (κ1) is 12.7. The summed E-state index contributed by atoms with van der Waals surface area (Å²) in [4.78, 5) is 2.41. The minimum atomic E-state index is 0.479. The number of nitrogen functional groups attached to an aromatic ring is 1. The number of nitrogens with one attached hydrogen (secondary N) is 1. The fraction of sp³-hybridized carbons (Fsp3) is 0.500. The van der Waals surface area contributed by atoms with Gasteiger partial charge in [0.25, 0.3) is 0 Å². The third kappa shape index (κ3) is 2.93. The van der Waals surface area contributed by atoms with E-state index in [0.717, 1.165) is 18.3 Å². The Labute approximate surface area is 108 Å². The highest BCUT2D eigenvalue weighted by molar-refractivity contribution is 5.68.